The van der Waals surface area contributed by atoms with Crippen molar-refractivity contribution in [2.24, 2.45) is 0 Å². The molecule has 0 saturated heterocycles. The number of halogens is 1. The number of pyridine rings is 1. The van der Waals surface area contributed by atoms with Crippen LogP contribution in [0.3, 0.4) is 0 Å². The molecule has 0 fully saturated rings. The summed E-state index contributed by atoms with van der Waals surface area (Å²) in [4.78, 5) is 15.3. The van der Waals surface area contributed by atoms with Gasteiger partial charge in [0.15, 0.2) is 0 Å². The summed E-state index contributed by atoms with van der Waals surface area (Å²) in [5.41, 5.74) is 1.88. The molecule has 2 N–H and O–H groups in total. The van der Waals surface area contributed by atoms with Gasteiger partial charge < -0.3 is 10.4 Å². The van der Waals surface area contributed by atoms with Crippen molar-refractivity contribution in [1.29, 1.82) is 0 Å². The number of carboxylic acids is 1. The number of nitrogens with one attached hydrogen (secondary N) is 1. The fourth-order valence-corrected chi connectivity index (χ4v) is 2.25. The maximum atomic E-state index is 11.0. The molecule has 0 amide bonds. The highest BCUT2D eigenvalue weighted by Gasteiger charge is 2.09. The molecule has 98 valence electrons. The number of rotatable bonds is 4. The van der Waals surface area contributed by atoms with Crippen LogP contribution in [0.4, 0.5) is 5.69 Å². The monoisotopic (exact) mass is 320 g/mol. The Morgan fingerprint density at radius 1 is 1.37 bits per heavy atom. The number of carbonyl (C=O) groups is 1. The van der Waals surface area contributed by atoms with Crippen LogP contribution < -0.4 is 5.32 Å². The van der Waals surface area contributed by atoms with E-state index in [0.29, 0.717) is 0 Å². The molecule has 19 heavy (non-hydrogen) atoms. The van der Waals surface area contributed by atoms with Gasteiger partial charge in [-0.15, -0.1) is 0 Å². The zero-order valence-electron chi connectivity index (χ0n) is 10.3. The summed E-state index contributed by atoms with van der Waals surface area (Å²) in [6.07, 6.45) is 1.73. The first-order valence-electron chi connectivity index (χ1n) is 5.77. The van der Waals surface area contributed by atoms with Gasteiger partial charge in [-0.1, -0.05) is 22.0 Å². The smallest absolute Gasteiger partial charge is 0.335 e. The molecule has 0 aliphatic heterocycles. The molecule has 1 unspecified atom stereocenters. The SMILES string of the molecule is CC(Nc1cc(Br)cc(C(=O)O)c1)c1ccccn1. The van der Waals surface area contributed by atoms with E-state index in [0.717, 1.165) is 15.9 Å². The van der Waals surface area contributed by atoms with E-state index in [4.69, 9.17) is 5.11 Å². The van der Waals surface area contributed by atoms with Crippen molar-refractivity contribution in [2.45, 2.75) is 13.0 Å². The highest BCUT2D eigenvalue weighted by atomic mass is 79.9. The van der Waals surface area contributed by atoms with Crippen molar-refractivity contribution < 1.29 is 9.90 Å². The standard InChI is InChI=1S/C14H13BrN2O2/c1-9(13-4-2-3-5-16-13)17-12-7-10(14(18)19)6-11(15)8-12/h2-9,17H,1H3,(H,18,19). The Balaban J connectivity index is 2.21. The van der Waals surface area contributed by atoms with E-state index in [1.54, 1.807) is 18.3 Å². The van der Waals surface area contributed by atoms with E-state index in [1.165, 1.54) is 0 Å². The van der Waals surface area contributed by atoms with Crippen LogP contribution in [0.25, 0.3) is 0 Å². The van der Waals surface area contributed by atoms with Crippen molar-refractivity contribution in [3.05, 3.63) is 58.3 Å². The lowest BCUT2D eigenvalue weighted by Gasteiger charge is -2.15. The molecule has 0 spiro atoms. The van der Waals surface area contributed by atoms with Gasteiger partial charge in [-0.2, -0.15) is 0 Å². The first-order valence-corrected chi connectivity index (χ1v) is 6.57. The van der Waals surface area contributed by atoms with Crippen LogP contribution >= 0.6 is 15.9 Å². The second-order valence-corrected chi connectivity index (χ2v) is 5.07. The zero-order chi connectivity index (χ0) is 13.8. The third kappa shape index (κ3) is 3.54. The van der Waals surface area contributed by atoms with Gasteiger partial charge in [-0.3, -0.25) is 4.98 Å². The van der Waals surface area contributed by atoms with E-state index in [1.807, 2.05) is 31.2 Å². The van der Waals surface area contributed by atoms with E-state index in [2.05, 4.69) is 26.2 Å². The first-order chi connectivity index (χ1) is 9.06. The van der Waals surface area contributed by atoms with Gasteiger partial charge in [0.05, 0.1) is 17.3 Å². The first kappa shape index (κ1) is 13.5. The van der Waals surface area contributed by atoms with E-state index in [-0.39, 0.29) is 11.6 Å². The molecule has 4 nitrogen and oxygen atoms in total. The molecule has 2 aromatic rings. The average molecular weight is 321 g/mol. The molecular formula is C14H13BrN2O2. The minimum absolute atomic E-state index is 0.00264. The van der Waals surface area contributed by atoms with E-state index >= 15 is 0 Å². The van der Waals surface area contributed by atoms with Gasteiger partial charge in [0.25, 0.3) is 0 Å². The number of anilines is 1. The summed E-state index contributed by atoms with van der Waals surface area (Å²) in [6, 6.07) is 10.7. The Kier molecular flexibility index (Phi) is 4.16. The maximum absolute atomic E-state index is 11.0. The minimum atomic E-state index is -0.949. The normalized spacial score (nSPS) is 11.9. The van der Waals surface area contributed by atoms with Crippen LogP contribution in [0, 0.1) is 0 Å². The maximum Gasteiger partial charge on any atom is 0.335 e. The summed E-state index contributed by atoms with van der Waals surface area (Å²) < 4.78 is 0.725. The summed E-state index contributed by atoms with van der Waals surface area (Å²) in [7, 11) is 0. The van der Waals surface area contributed by atoms with Crippen molar-refractivity contribution in [2.75, 3.05) is 5.32 Å². The molecule has 0 aliphatic carbocycles. The van der Waals surface area contributed by atoms with Crippen molar-refractivity contribution in [1.82, 2.24) is 4.98 Å². The molecule has 1 aromatic heterocycles. The zero-order valence-corrected chi connectivity index (χ0v) is 11.9. The molecule has 0 saturated carbocycles. The van der Waals surface area contributed by atoms with Crippen LogP contribution in [0.2, 0.25) is 0 Å². The van der Waals surface area contributed by atoms with Gasteiger partial charge in [0, 0.05) is 16.4 Å². The summed E-state index contributed by atoms with van der Waals surface area (Å²) in [5, 5.41) is 12.3. The van der Waals surface area contributed by atoms with Gasteiger partial charge >= 0.3 is 5.97 Å². The largest absolute Gasteiger partial charge is 0.478 e. The second kappa shape index (κ2) is 5.84. The molecule has 1 heterocycles. The van der Waals surface area contributed by atoms with Crippen LogP contribution in [0.1, 0.15) is 29.0 Å². The van der Waals surface area contributed by atoms with Gasteiger partial charge in [-0.25, -0.2) is 4.79 Å². The van der Waals surface area contributed by atoms with Crippen molar-refractivity contribution >= 4 is 27.6 Å². The quantitative estimate of drug-likeness (QED) is 0.901. The third-order valence-electron chi connectivity index (χ3n) is 2.66. The summed E-state index contributed by atoms with van der Waals surface area (Å²) in [6.45, 7) is 1.98. The fourth-order valence-electron chi connectivity index (χ4n) is 1.75. The van der Waals surface area contributed by atoms with Crippen LogP contribution in [0.5, 0.6) is 0 Å². The topological polar surface area (TPSA) is 62.2 Å². The van der Waals surface area contributed by atoms with Crippen LogP contribution in [-0.2, 0) is 0 Å². The van der Waals surface area contributed by atoms with Gasteiger partial charge in [0.1, 0.15) is 0 Å². The predicted octanol–water partition coefficient (Wildman–Crippen LogP) is 3.72. The fraction of sp³-hybridized carbons (Fsp3) is 0.143. The molecule has 0 aliphatic rings. The van der Waals surface area contributed by atoms with Gasteiger partial charge in [-0.05, 0) is 37.3 Å². The lowest BCUT2D eigenvalue weighted by molar-refractivity contribution is 0.0697. The molecular weight excluding hydrogens is 308 g/mol. The van der Waals surface area contributed by atoms with Crippen molar-refractivity contribution in [3.8, 4) is 0 Å². The number of benzene rings is 1. The average Bonchev–Trinajstić information content (AvgIpc) is 2.39. The molecule has 2 rings (SSSR count). The number of hydrogen-bond donors (Lipinski definition) is 2. The molecule has 5 heteroatoms. The van der Waals surface area contributed by atoms with Gasteiger partial charge in [0.2, 0.25) is 0 Å². The minimum Gasteiger partial charge on any atom is -0.478 e. The van der Waals surface area contributed by atoms with E-state index in [9.17, 15) is 4.79 Å². The summed E-state index contributed by atoms with van der Waals surface area (Å²) in [5.74, 6) is -0.949. The molecule has 1 aromatic carbocycles. The second-order valence-electron chi connectivity index (χ2n) is 4.15. The molecule has 0 bridgehead atoms. The Bertz CT molecular complexity index is 587. The Morgan fingerprint density at radius 2 is 2.16 bits per heavy atom. The van der Waals surface area contributed by atoms with Crippen LogP contribution in [-0.4, -0.2) is 16.1 Å². The highest BCUT2D eigenvalue weighted by Crippen LogP contribution is 2.23. The van der Waals surface area contributed by atoms with E-state index < -0.39 is 5.97 Å². The number of nitrogens with zero attached hydrogens (tertiary/aromatic N) is 1. The Morgan fingerprint density at radius 3 is 2.79 bits per heavy atom. The summed E-state index contributed by atoms with van der Waals surface area (Å²) >= 11 is 3.31. The lowest BCUT2D eigenvalue weighted by atomic mass is 10.1. The highest BCUT2D eigenvalue weighted by molar-refractivity contribution is 9.10. The Hall–Kier alpha value is -1.88. The number of aromatic nitrogens is 1. The molecule has 0 radical (unpaired) electrons. The predicted molar refractivity (Wildman–Crippen MR) is 77.4 cm³/mol. The van der Waals surface area contributed by atoms with Crippen LogP contribution in [0.15, 0.2) is 47.1 Å². The number of carboxylic acid groups (broad SMARTS) is 1. The number of hydrogen-bond acceptors (Lipinski definition) is 3. The lowest BCUT2D eigenvalue weighted by Crippen LogP contribution is -2.09. The van der Waals surface area contributed by atoms with Crippen molar-refractivity contribution in [3.63, 3.8) is 0 Å². The Labute approximate surface area is 119 Å². The number of aromatic carboxylic acids is 1. The molecule has 1 atom stereocenters. The third-order valence-corrected chi connectivity index (χ3v) is 3.12.